The van der Waals surface area contributed by atoms with Crippen LogP contribution >= 0.6 is 0 Å². The van der Waals surface area contributed by atoms with E-state index in [0.717, 1.165) is 19.4 Å². The molecule has 116 valence electrons. The van der Waals surface area contributed by atoms with E-state index < -0.39 is 0 Å². The van der Waals surface area contributed by atoms with Crippen LogP contribution in [-0.2, 0) is 0 Å². The zero-order valence-corrected chi connectivity index (χ0v) is 13.2. The molecule has 1 amide bonds. The summed E-state index contributed by atoms with van der Waals surface area (Å²) in [5, 5.41) is 3.42. The third-order valence-corrected chi connectivity index (χ3v) is 3.89. The van der Waals surface area contributed by atoms with Gasteiger partial charge in [-0.3, -0.25) is 4.79 Å². The van der Waals surface area contributed by atoms with Crippen LogP contribution in [0.25, 0.3) is 0 Å². The Morgan fingerprint density at radius 1 is 1.48 bits per heavy atom. The van der Waals surface area contributed by atoms with Gasteiger partial charge in [-0.05, 0) is 49.9 Å². The van der Waals surface area contributed by atoms with Gasteiger partial charge in [0.1, 0.15) is 5.82 Å². The van der Waals surface area contributed by atoms with Gasteiger partial charge in [0, 0.05) is 24.7 Å². The molecule has 2 rings (SSSR count). The highest BCUT2D eigenvalue weighted by Gasteiger charge is 2.23. The molecule has 0 bridgehead atoms. The van der Waals surface area contributed by atoms with Crippen LogP contribution < -0.4 is 5.32 Å². The maximum atomic E-state index is 13.7. The lowest BCUT2D eigenvalue weighted by Crippen LogP contribution is -2.42. The second-order valence-electron chi connectivity index (χ2n) is 6.36. The van der Waals surface area contributed by atoms with E-state index in [0.29, 0.717) is 36.2 Å². The van der Waals surface area contributed by atoms with Crippen molar-refractivity contribution in [1.29, 1.82) is 0 Å². The van der Waals surface area contributed by atoms with Crippen LogP contribution in [0.15, 0.2) is 18.2 Å². The lowest BCUT2D eigenvalue weighted by atomic mass is 10.1. The van der Waals surface area contributed by atoms with Gasteiger partial charge in [-0.1, -0.05) is 19.9 Å². The number of nitrogens with zero attached hydrogens (tertiary/aromatic N) is 1. The summed E-state index contributed by atoms with van der Waals surface area (Å²) in [4.78, 5) is 14.5. The largest absolute Gasteiger partial charge is 0.337 e. The van der Waals surface area contributed by atoms with Gasteiger partial charge in [0.2, 0.25) is 0 Å². The Hall–Kier alpha value is -1.42. The standard InChI is InChI=1S/C17H25FN2O/c1-12(2)10-20(11-15-5-4-8-19-15)17(21)14-7-6-13(3)16(18)9-14/h6-7,9,12,15,19H,4-5,8,10-11H2,1-3H3. The van der Waals surface area contributed by atoms with E-state index >= 15 is 0 Å². The van der Waals surface area contributed by atoms with Gasteiger partial charge in [0.25, 0.3) is 5.91 Å². The molecule has 0 saturated carbocycles. The molecule has 1 unspecified atom stereocenters. The van der Waals surface area contributed by atoms with Crippen molar-refractivity contribution in [3.05, 3.63) is 35.1 Å². The fourth-order valence-electron chi connectivity index (χ4n) is 2.77. The van der Waals surface area contributed by atoms with Crippen LogP contribution in [0.4, 0.5) is 4.39 Å². The second kappa shape index (κ2) is 7.03. The molecule has 0 radical (unpaired) electrons. The summed E-state index contributed by atoms with van der Waals surface area (Å²) >= 11 is 0. The predicted octanol–water partition coefficient (Wildman–Crippen LogP) is 2.98. The van der Waals surface area contributed by atoms with Crippen molar-refractivity contribution in [3.63, 3.8) is 0 Å². The third-order valence-electron chi connectivity index (χ3n) is 3.89. The molecule has 4 heteroatoms. The van der Waals surface area contributed by atoms with E-state index in [1.807, 2.05) is 4.90 Å². The molecule has 21 heavy (non-hydrogen) atoms. The minimum Gasteiger partial charge on any atom is -0.337 e. The number of amides is 1. The van der Waals surface area contributed by atoms with Gasteiger partial charge < -0.3 is 10.2 Å². The monoisotopic (exact) mass is 292 g/mol. The van der Waals surface area contributed by atoms with Crippen molar-refractivity contribution in [2.75, 3.05) is 19.6 Å². The van der Waals surface area contributed by atoms with Crippen molar-refractivity contribution in [2.24, 2.45) is 5.92 Å². The van der Waals surface area contributed by atoms with Crippen molar-refractivity contribution >= 4 is 5.91 Å². The molecule has 1 atom stereocenters. The average Bonchev–Trinajstić information content (AvgIpc) is 2.93. The van der Waals surface area contributed by atoms with Crippen LogP contribution in [0.5, 0.6) is 0 Å². The topological polar surface area (TPSA) is 32.3 Å². The summed E-state index contributed by atoms with van der Waals surface area (Å²) in [6.45, 7) is 8.32. The Kier molecular flexibility index (Phi) is 5.34. The number of rotatable bonds is 5. The highest BCUT2D eigenvalue weighted by molar-refractivity contribution is 5.94. The summed E-state index contributed by atoms with van der Waals surface area (Å²) in [6, 6.07) is 5.11. The SMILES string of the molecule is Cc1ccc(C(=O)N(CC(C)C)CC2CCCN2)cc1F. The Bertz CT molecular complexity index is 496. The van der Waals surface area contributed by atoms with Gasteiger partial charge in [0.05, 0.1) is 0 Å². The average molecular weight is 292 g/mol. The van der Waals surface area contributed by atoms with E-state index in [-0.39, 0.29) is 11.7 Å². The molecule has 1 fully saturated rings. The molecule has 1 aromatic carbocycles. The quantitative estimate of drug-likeness (QED) is 0.905. The molecular weight excluding hydrogens is 267 g/mol. The molecule has 1 heterocycles. The summed E-state index contributed by atoms with van der Waals surface area (Å²) in [5.41, 5.74) is 1.01. The maximum Gasteiger partial charge on any atom is 0.254 e. The molecule has 1 N–H and O–H groups in total. The van der Waals surface area contributed by atoms with Crippen molar-refractivity contribution < 1.29 is 9.18 Å². The fourth-order valence-corrected chi connectivity index (χ4v) is 2.77. The minimum absolute atomic E-state index is 0.0729. The number of benzene rings is 1. The zero-order valence-electron chi connectivity index (χ0n) is 13.2. The van der Waals surface area contributed by atoms with Gasteiger partial charge in [0.15, 0.2) is 0 Å². The molecule has 3 nitrogen and oxygen atoms in total. The molecule has 0 aromatic heterocycles. The van der Waals surface area contributed by atoms with E-state index in [4.69, 9.17) is 0 Å². The highest BCUT2D eigenvalue weighted by atomic mass is 19.1. The highest BCUT2D eigenvalue weighted by Crippen LogP contribution is 2.15. The Balaban J connectivity index is 2.13. The first-order chi connectivity index (χ1) is 9.97. The van der Waals surface area contributed by atoms with Gasteiger partial charge in [-0.25, -0.2) is 4.39 Å². The number of hydrogen-bond acceptors (Lipinski definition) is 2. The molecule has 1 aliphatic rings. The van der Waals surface area contributed by atoms with Crippen LogP contribution in [0.2, 0.25) is 0 Å². The molecule has 1 aliphatic heterocycles. The lowest BCUT2D eigenvalue weighted by molar-refractivity contribution is 0.0721. The molecular formula is C17H25FN2O. The van der Waals surface area contributed by atoms with Crippen LogP contribution in [-0.4, -0.2) is 36.5 Å². The molecule has 0 spiro atoms. The molecule has 1 aromatic rings. The second-order valence-corrected chi connectivity index (χ2v) is 6.36. The Morgan fingerprint density at radius 2 is 2.24 bits per heavy atom. The van der Waals surface area contributed by atoms with Crippen molar-refractivity contribution in [1.82, 2.24) is 10.2 Å². The zero-order chi connectivity index (χ0) is 15.4. The van der Waals surface area contributed by atoms with Gasteiger partial charge in [-0.15, -0.1) is 0 Å². The number of halogens is 1. The van der Waals surface area contributed by atoms with Gasteiger partial charge in [-0.2, -0.15) is 0 Å². The number of hydrogen-bond donors (Lipinski definition) is 1. The third kappa shape index (κ3) is 4.27. The van der Waals surface area contributed by atoms with E-state index in [1.54, 1.807) is 19.1 Å². The van der Waals surface area contributed by atoms with E-state index in [1.165, 1.54) is 6.07 Å². The summed E-state index contributed by atoms with van der Waals surface area (Å²) in [6.07, 6.45) is 2.26. The Labute approximate surface area is 126 Å². The van der Waals surface area contributed by atoms with E-state index in [9.17, 15) is 9.18 Å². The first-order valence-electron chi connectivity index (χ1n) is 7.76. The summed E-state index contributed by atoms with van der Waals surface area (Å²) in [7, 11) is 0. The predicted molar refractivity (Wildman–Crippen MR) is 82.9 cm³/mol. The smallest absolute Gasteiger partial charge is 0.254 e. The number of aryl methyl sites for hydroxylation is 1. The maximum absolute atomic E-state index is 13.7. The van der Waals surface area contributed by atoms with Crippen LogP contribution in [0.3, 0.4) is 0 Å². The van der Waals surface area contributed by atoms with Crippen molar-refractivity contribution in [2.45, 2.75) is 39.7 Å². The number of nitrogens with one attached hydrogen (secondary N) is 1. The molecule has 0 aliphatic carbocycles. The minimum atomic E-state index is -0.315. The summed E-state index contributed by atoms with van der Waals surface area (Å²) < 4.78 is 13.7. The first-order valence-corrected chi connectivity index (χ1v) is 7.76. The van der Waals surface area contributed by atoms with Gasteiger partial charge >= 0.3 is 0 Å². The summed E-state index contributed by atoms with van der Waals surface area (Å²) in [5.74, 6) is 0.00582. The number of carbonyl (C=O) groups is 1. The first kappa shape index (κ1) is 16.0. The van der Waals surface area contributed by atoms with Crippen LogP contribution in [0.1, 0.15) is 42.6 Å². The van der Waals surface area contributed by atoms with E-state index in [2.05, 4.69) is 19.2 Å². The lowest BCUT2D eigenvalue weighted by Gasteiger charge is -2.27. The van der Waals surface area contributed by atoms with Crippen LogP contribution in [0, 0.1) is 18.7 Å². The molecule has 1 saturated heterocycles. The fraction of sp³-hybridized carbons (Fsp3) is 0.588. The normalized spacial score (nSPS) is 18.2. The number of carbonyl (C=O) groups excluding carboxylic acids is 1. The Morgan fingerprint density at radius 3 is 2.81 bits per heavy atom. The van der Waals surface area contributed by atoms with Crippen molar-refractivity contribution in [3.8, 4) is 0 Å².